The van der Waals surface area contributed by atoms with Crippen LogP contribution in [0.25, 0.3) is 0 Å². The van der Waals surface area contributed by atoms with Gasteiger partial charge in [0.1, 0.15) is 0 Å². The van der Waals surface area contributed by atoms with E-state index in [4.69, 9.17) is 5.73 Å². The predicted molar refractivity (Wildman–Crippen MR) is 69.7 cm³/mol. The van der Waals surface area contributed by atoms with Crippen LogP contribution in [0.3, 0.4) is 0 Å². The zero-order chi connectivity index (χ0) is 13.0. The van der Waals surface area contributed by atoms with Gasteiger partial charge in [0.25, 0.3) is 10.0 Å². The molecule has 0 aliphatic rings. The summed E-state index contributed by atoms with van der Waals surface area (Å²) in [5, 5.41) is 10.2. The van der Waals surface area contributed by atoms with Gasteiger partial charge in [0, 0.05) is 18.7 Å². The van der Waals surface area contributed by atoms with Gasteiger partial charge in [-0.2, -0.15) is 16.4 Å². The molecule has 0 aliphatic heterocycles. The van der Waals surface area contributed by atoms with Crippen molar-refractivity contribution >= 4 is 21.4 Å². The molecule has 0 unspecified atom stereocenters. The summed E-state index contributed by atoms with van der Waals surface area (Å²) in [6, 6.07) is 1.97. The second-order valence-corrected chi connectivity index (χ2v) is 6.19. The highest BCUT2D eigenvalue weighted by molar-refractivity contribution is 7.89. The average molecular weight is 286 g/mol. The van der Waals surface area contributed by atoms with E-state index in [-0.39, 0.29) is 11.6 Å². The lowest BCUT2D eigenvalue weighted by molar-refractivity contribution is 0.576. The minimum Gasteiger partial charge on any atom is -0.326 e. The summed E-state index contributed by atoms with van der Waals surface area (Å²) in [6.07, 6.45) is 2.09. The van der Waals surface area contributed by atoms with Crippen molar-refractivity contribution in [3.63, 3.8) is 0 Å². The maximum atomic E-state index is 12.0. The van der Waals surface area contributed by atoms with Crippen LogP contribution in [0.4, 0.5) is 0 Å². The molecule has 2 aromatic heterocycles. The maximum Gasteiger partial charge on any atom is 0.257 e. The van der Waals surface area contributed by atoms with E-state index >= 15 is 0 Å². The lowest BCUT2D eigenvalue weighted by atomic mass is 10.2. The molecule has 0 aliphatic carbocycles. The first-order valence-corrected chi connectivity index (χ1v) is 7.79. The number of rotatable bonds is 6. The molecule has 0 atom stereocenters. The lowest BCUT2D eigenvalue weighted by Gasteiger charge is -2.05. The first kappa shape index (κ1) is 13.2. The van der Waals surface area contributed by atoms with E-state index in [2.05, 4.69) is 14.9 Å². The van der Waals surface area contributed by atoms with E-state index in [9.17, 15) is 8.42 Å². The standard InChI is InChI=1S/C10H14N4O2S2/c11-5-9-6-12-14-10(9)18(15,16)13-3-1-8-2-4-17-7-8/h2,4,6-7,13H,1,3,5,11H2,(H,12,14). The molecule has 0 spiro atoms. The zero-order valence-electron chi connectivity index (χ0n) is 9.59. The molecule has 0 radical (unpaired) electrons. The number of nitrogens with one attached hydrogen (secondary N) is 2. The van der Waals surface area contributed by atoms with Crippen molar-refractivity contribution < 1.29 is 8.42 Å². The summed E-state index contributed by atoms with van der Waals surface area (Å²) in [5.41, 5.74) is 7.05. The van der Waals surface area contributed by atoms with Gasteiger partial charge in [0.05, 0.1) is 6.20 Å². The summed E-state index contributed by atoms with van der Waals surface area (Å²) in [4.78, 5) is 0. The number of aromatic amines is 1. The Morgan fingerprint density at radius 2 is 2.33 bits per heavy atom. The van der Waals surface area contributed by atoms with Crippen LogP contribution in [0.2, 0.25) is 0 Å². The van der Waals surface area contributed by atoms with Gasteiger partial charge in [-0.3, -0.25) is 5.10 Å². The highest BCUT2D eigenvalue weighted by Gasteiger charge is 2.19. The van der Waals surface area contributed by atoms with Gasteiger partial charge in [-0.1, -0.05) is 0 Å². The minimum absolute atomic E-state index is 0.0512. The first-order valence-electron chi connectivity index (χ1n) is 5.36. The molecule has 2 heterocycles. The highest BCUT2D eigenvalue weighted by Crippen LogP contribution is 2.11. The quantitative estimate of drug-likeness (QED) is 0.717. The van der Waals surface area contributed by atoms with Gasteiger partial charge in [-0.05, 0) is 28.8 Å². The third-order valence-electron chi connectivity index (χ3n) is 2.45. The summed E-state index contributed by atoms with van der Waals surface area (Å²) in [6.45, 7) is 0.485. The fourth-order valence-corrected chi connectivity index (χ4v) is 3.39. The zero-order valence-corrected chi connectivity index (χ0v) is 11.2. The average Bonchev–Trinajstić information content (AvgIpc) is 2.99. The molecule has 0 amide bonds. The fraction of sp³-hybridized carbons (Fsp3) is 0.300. The minimum atomic E-state index is -3.56. The lowest BCUT2D eigenvalue weighted by Crippen LogP contribution is -2.27. The Morgan fingerprint density at radius 3 is 3.00 bits per heavy atom. The topological polar surface area (TPSA) is 101 Å². The Bertz CT molecular complexity index is 589. The molecule has 6 nitrogen and oxygen atoms in total. The van der Waals surface area contributed by atoms with Crippen LogP contribution in [0.1, 0.15) is 11.1 Å². The number of thiophene rings is 1. The largest absolute Gasteiger partial charge is 0.326 e. The Morgan fingerprint density at radius 1 is 1.50 bits per heavy atom. The van der Waals surface area contributed by atoms with E-state index < -0.39 is 10.0 Å². The summed E-state index contributed by atoms with van der Waals surface area (Å²) >= 11 is 1.59. The molecule has 0 saturated carbocycles. The van der Waals surface area contributed by atoms with Crippen LogP contribution >= 0.6 is 11.3 Å². The van der Waals surface area contributed by atoms with Crippen LogP contribution < -0.4 is 10.5 Å². The van der Waals surface area contributed by atoms with Gasteiger partial charge in [-0.15, -0.1) is 0 Å². The van der Waals surface area contributed by atoms with Gasteiger partial charge < -0.3 is 5.73 Å². The Balaban J connectivity index is 1.99. The molecule has 0 aromatic carbocycles. The Kier molecular flexibility index (Phi) is 4.12. The molecule has 18 heavy (non-hydrogen) atoms. The Labute approximate surface area is 109 Å². The van der Waals surface area contributed by atoms with Crippen molar-refractivity contribution in [3.8, 4) is 0 Å². The second kappa shape index (κ2) is 5.61. The van der Waals surface area contributed by atoms with Gasteiger partial charge >= 0.3 is 0 Å². The van der Waals surface area contributed by atoms with E-state index in [0.29, 0.717) is 18.5 Å². The van der Waals surface area contributed by atoms with Crippen molar-refractivity contribution in [2.75, 3.05) is 6.54 Å². The second-order valence-electron chi connectivity index (χ2n) is 3.71. The van der Waals surface area contributed by atoms with Gasteiger partial charge in [-0.25, -0.2) is 13.1 Å². The summed E-state index contributed by atoms with van der Waals surface area (Å²) < 4.78 is 26.5. The first-order chi connectivity index (χ1) is 8.63. The molecule has 4 N–H and O–H groups in total. The van der Waals surface area contributed by atoms with Crippen molar-refractivity contribution in [3.05, 3.63) is 34.2 Å². The molecule has 0 fully saturated rings. The molecule has 98 valence electrons. The number of nitrogens with zero attached hydrogens (tertiary/aromatic N) is 1. The fourth-order valence-electron chi connectivity index (χ4n) is 1.51. The van der Waals surface area contributed by atoms with Crippen molar-refractivity contribution in [1.82, 2.24) is 14.9 Å². The number of nitrogens with two attached hydrogens (primary N) is 1. The molecule has 0 bridgehead atoms. The van der Waals surface area contributed by atoms with Gasteiger partial charge in [0.15, 0.2) is 5.03 Å². The number of H-pyrrole nitrogens is 1. The highest BCUT2D eigenvalue weighted by atomic mass is 32.2. The van der Waals surface area contributed by atoms with E-state index in [1.165, 1.54) is 6.20 Å². The Hall–Kier alpha value is -1.22. The SMILES string of the molecule is NCc1cn[nH]c1S(=O)(=O)NCCc1ccsc1. The van der Waals surface area contributed by atoms with Gasteiger partial charge in [0.2, 0.25) is 0 Å². The van der Waals surface area contributed by atoms with Crippen LogP contribution in [0.15, 0.2) is 28.0 Å². The van der Waals surface area contributed by atoms with E-state index in [1.807, 2.05) is 16.8 Å². The summed E-state index contributed by atoms with van der Waals surface area (Å²) in [5.74, 6) is 0. The van der Waals surface area contributed by atoms with Crippen molar-refractivity contribution in [2.45, 2.75) is 18.0 Å². The monoisotopic (exact) mass is 286 g/mol. The van der Waals surface area contributed by atoms with Crippen LogP contribution in [0, 0.1) is 0 Å². The maximum absolute atomic E-state index is 12.0. The molecule has 2 rings (SSSR count). The molecular weight excluding hydrogens is 272 g/mol. The molecule has 0 saturated heterocycles. The van der Waals surface area contributed by atoms with E-state index in [0.717, 1.165) is 5.56 Å². The van der Waals surface area contributed by atoms with Crippen LogP contribution in [-0.4, -0.2) is 25.2 Å². The number of aromatic nitrogens is 2. The number of sulfonamides is 1. The van der Waals surface area contributed by atoms with Crippen molar-refractivity contribution in [2.24, 2.45) is 5.73 Å². The predicted octanol–water partition coefficient (Wildman–Crippen LogP) is 0.451. The number of hydrogen-bond donors (Lipinski definition) is 3. The summed E-state index contributed by atoms with van der Waals surface area (Å²) in [7, 11) is -3.56. The van der Waals surface area contributed by atoms with Crippen LogP contribution in [-0.2, 0) is 23.0 Å². The van der Waals surface area contributed by atoms with E-state index in [1.54, 1.807) is 11.3 Å². The molecule has 8 heteroatoms. The molecular formula is C10H14N4O2S2. The number of hydrogen-bond acceptors (Lipinski definition) is 5. The third-order valence-corrected chi connectivity index (χ3v) is 4.66. The molecule has 2 aromatic rings. The van der Waals surface area contributed by atoms with Crippen molar-refractivity contribution in [1.29, 1.82) is 0 Å². The smallest absolute Gasteiger partial charge is 0.257 e. The third kappa shape index (κ3) is 2.96. The normalized spacial score (nSPS) is 11.8. The van der Waals surface area contributed by atoms with Crippen LogP contribution in [0.5, 0.6) is 0 Å².